The number of nitrogens with two attached hydrogens (primary N) is 1. The molecule has 96 valence electrons. The first-order valence-electron chi connectivity index (χ1n) is 5.67. The molecule has 0 aliphatic heterocycles. The second-order valence-corrected chi connectivity index (χ2v) is 4.84. The van der Waals surface area contributed by atoms with Gasteiger partial charge in [0, 0.05) is 18.8 Å². The molecular formula is C12H18Cl2N2O. The molecule has 0 radical (unpaired) electrons. The van der Waals surface area contributed by atoms with Gasteiger partial charge < -0.3 is 16.2 Å². The van der Waals surface area contributed by atoms with Gasteiger partial charge >= 0.3 is 0 Å². The van der Waals surface area contributed by atoms with E-state index in [0.717, 1.165) is 19.4 Å². The summed E-state index contributed by atoms with van der Waals surface area (Å²) in [5.41, 5.74) is 6.88. The Morgan fingerprint density at radius 3 is 2.41 bits per heavy atom. The highest BCUT2D eigenvalue weighted by molar-refractivity contribution is 6.39. The summed E-state index contributed by atoms with van der Waals surface area (Å²) >= 11 is 12.1. The second-order valence-electron chi connectivity index (χ2n) is 4.03. The molecule has 0 aliphatic rings. The van der Waals surface area contributed by atoms with Crippen LogP contribution < -0.4 is 11.1 Å². The zero-order valence-electron chi connectivity index (χ0n) is 9.84. The van der Waals surface area contributed by atoms with Gasteiger partial charge in [0.25, 0.3) is 0 Å². The fraction of sp³-hybridized carbons (Fsp3) is 0.500. The Bertz CT molecular complexity index is 349. The third-order valence-corrected chi connectivity index (χ3v) is 3.34. The Balaban J connectivity index is 2.68. The van der Waals surface area contributed by atoms with Crippen molar-refractivity contribution in [3.8, 4) is 0 Å². The lowest BCUT2D eigenvalue weighted by Crippen LogP contribution is -2.15. The van der Waals surface area contributed by atoms with Crippen LogP contribution >= 0.6 is 23.2 Å². The van der Waals surface area contributed by atoms with E-state index in [-0.39, 0.29) is 6.61 Å². The van der Waals surface area contributed by atoms with Gasteiger partial charge in [-0.25, -0.2) is 0 Å². The van der Waals surface area contributed by atoms with Crippen LogP contribution in [0.3, 0.4) is 0 Å². The number of anilines is 2. The van der Waals surface area contributed by atoms with Crippen molar-refractivity contribution < 1.29 is 5.11 Å². The van der Waals surface area contributed by atoms with Crippen molar-refractivity contribution in [3.05, 3.63) is 22.2 Å². The molecule has 1 atom stereocenters. The summed E-state index contributed by atoms with van der Waals surface area (Å²) in [6.45, 7) is 3.03. The standard InChI is InChI=1S/C12H18Cl2N2O/c1-2-8(3-4-17)7-16-12-10(13)5-9(15)6-11(12)14/h5-6,8,16-17H,2-4,7,15H2,1H3. The highest BCUT2D eigenvalue weighted by Gasteiger charge is 2.10. The number of aliphatic hydroxyl groups excluding tert-OH is 1. The smallest absolute Gasteiger partial charge is 0.0720 e. The van der Waals surface area contributed by atoms with E-state index in [9.17, 15) is 0 Å². The van der Waals surface area contributed by atoms with E-state index < -0.39 is 0 Å². The van der Waals surface area contributed by atoms with E-state index >= 15 is 0 Å². The molecule has 1 aromatic carbocycles. The Hall–Kier alpha value is -0.640. The van der Waals surface area contributed by atoms with Crippen LogP contribution in [-0.4, -0.2) is 18.3 Å². The van der Waals surface area contributed by atoms with Gasteiger partial charge in [-0.15, -0.1) is 0 Å². The number of aliphatic hydroxyl groups is 1. The first-order chi connectivity index (χ1) is 8.08. The van der Waals surface area contributed by atoms with Gasteiger partial charge in [0.15, 0.2) is 0 Å². The number of hydrogen-bond acceptors (Lipinski definition) is 3. The molecule has 0 saturated heterocycles. The second kappa shape index (κ2) is 6.94. The van der Waals surface area contributed by atoms with Crippen LogP contribution in [0, 0.1) is 5.92 Å². The largest absolute Gasteiger partial charge is 0.399 e. The minimum atomic E-state index is 0.198. The van der Waals surface area contributed by atoms with Crippen LogP contribution in [0.25, 0.3) is 0 Å². The molecule has 0 spiro atoms. The fourth-order valence-corrected chi connectivity index (χ4v) is 2.28. The van der Waals surface area contributed by atoms with E-state index in [4.69, 9.17) is 34.0 Å². The summed E-state index contributed by atoms with van der Waals surface area (Å²) in [7, 11) is 0. The summed E-state index contributed by atoms with van der Waals surface area (Å²) < 4.78 is 0. The zero-order chi connectivity index (χ0) is 12.8. The van der Waals surface area contributed by atoms with Crippen molar-refractivity contribution in [2.24, 2.45) is 5.92 Å². The minimum absolute atomic E-state index is 0.198. The van der Waals surface area contributed by atoms with Crippen LogP contribution in [0.1, 0.15) is 19.8 Å². The average Bonchev–Trinajstić information content (AvgIpc) is 2.26. The number of benzene rings is 1. The maximum atomic E-state index is 8.91. The van der Waals surface area contributed by atoms with Gasteiger partial charge in [0.2, 0.25) is 0 Å². The fourth-order valence-electron chi connectivity index (χ4n) is 1.64. The van der Waals surface area contributed by atoms with Gasteiger partial charge in [0.1, 0.15) is 0 Å². The summed E-state index contributed by atoms with van der Waals surface area (Å²) in [4.78, 5) is 0. The van der Waals surface area contributed by atoms with E-state index in [1.165, 1.54) is 0 Å². The normalized spacial score (nSPS) is 12.5. The van der Waals surface area contributed by atoms with E-state index in [0.29, 0.717) is 27.3 Å². The molecule has 17 heavy (non-hydrogen) atoms. The summed E-state index contributed by atoms with van der Waals surface area (Å²) in [5, 5.41) is 13.2. The monoisotopic (exact) mass is 276 g/mol. The van der Waals surface area contributed by atoms with Crippen molar-refractivity contribution in [2.45, 2.75) is 19.8 Å². The Kier molecular flexibility index (Phi) is 5.89. The Labute approximate surface area is 112 Å². The quantitative estimate of drug-likeness (QED) is 0.698. The van der Waals surface area contributed by atoms with Crippen LogP contribution in [0.5, 0.6) is 0 Å². The molecule has 1 aromatic rings. The van der Waals surface area contributed by atoms with Crippen LogP contribution in [-0.2, 0) is 0 Å². The molecule has 1 rings (SSSR count). The van der Waals surface area contributed by atoms with Gasteiger partial charge in [-0.3, -0.25) is 0 Å². The Morgan fingerprint density at radius 1 is 1.35 bits per heavy atom. The Morgan fingerprint density at radius 2 is 1.94 bits per heavy atom. The maximum Gasteiger partial charge on any atom is 0.0720 e. The molecule has 0 aromatic heterocycles. The highest BCUT2D eigenvalue weighted by atomic mass is 35.5. The number of hydrogen-bond donors (Lipinski definition) is 3. The zero-order valence-corrected chi connectivity index (χ0v) is 11.4. The third kappa shape index (κ3) is 4.26. The molecule has 0 saturated carbocycles. The maximum absolute atomic E-state index is 8.91. The average molecular weight is 277 g/mol. The van der Waals surface area contributed by atoms with Crippen LogP contribution in [0.15, 0.2) is 12.1 Å². The van der Waals surface area contributed by atoms with Crippen LogP contribution in [0.4, 0.5) is 11.4 Å². The molecule has 0 aliphatic carbocycles. The topological polar surface area (TPSA) is 58.3 Å². The van der Waals surface area contributed by atoms with Gasteiger partial charge in [-0.2, -0.15) is 0 Å². The van der Waals surface area contributed by atoms with Gasteiger partial charge in [-0.05, 0) is 24.5 Å². The summed E-state index contributed by atoms with van der Waals surface area (Å²) in [6, 6.07) is 3.34. The lowest BCUT2D eigenvalue weighted by Gasteiger charge is -2.17. The number of rotatable bonds is 6. The lowest BCUT2D eigenvalue weighted by atomic mass is 10.0. The first kappa shape index (κ1) is 14.4. The molecule has 0 heterocycles. The van der Waals surface area contributed by atoms with E-state index in [1.807, 2.05) is 0 Å². The van der Waals surface area contributed by atoms with Gasteiger partial charge in [0.05, 0.1) is 15.7 Å². The summed E-state index contributed by atoms with van der Waals surface area (Å²) in [6.07, 6.45) is 1.77. The molecule has 5 heteroatoms. The van der Waals surface area contributed by atoms with Crippen LogP contribution in [0.2, 0.25) is 10.0 Å². The highest BCUT2D eigenvalue weighted by Crippen LogP contribution is 2.33. The molecular weight excluding hydrogens is 259 g/mol. The molecule has 4 N–H and O–H groups in total. The van der Waals surface area contributed by atoms with Gasteiger partial charge in [-0.1, -0.05) is 36.5 Å². The van der Waals surface area contributed by atoms with Crippen molar-refractivity contribution >= 4 is 34.6 Å². The number of nitrogens with one attached hydrogen (secondary N) is 1. The number of halogens is 2. The number of nitrogen functional groups attached to an aromatic ring is 1. The van der Waals surface area contributed by atoms with Crippen molar-refractivity contribution in [1.82, 2.24) is 0 Å². The molecule has 0 fully saturated rings. The predicted molar refractivity (Wildman–Crippen MR) is 74.8 cm³/mol. The molecule has 0 bridgehead atoms. The first-order valence-corrected chi connectivity index (χ1v) is 6.43. The van der Waals surface area contributed by atoms with Crippen molar-refractivity contribution in [3.63, 3.8) is 0 Å². The predicted octanol–water partition coefficient (Wildman–Crippen LogP) is 3.40. The SMILES string of the molecule is CCC(CCO)CNc1c(Cl)cc(N)cc1Cl. The minimum Gasteiger partial charge on any atom is -0.399 e. The molecule has 0 amide bonds. The molecule has 3 nitrogen and oxygen atoms in total. The van der Waals surface area contributed by atoms with Crippen molar-refractivity contribution in [1.29, 1.82) is 0 Å². The van der Waals surface area contributed by atoms with E-state index in [2.05, 4.69) is 12.2 Å². The molecule has 1 unspecified atom stereocenters. The lowest BCUT2D eigenvalue weighted by molar-refractivity contribution is 0.258. The summed E-state index contributed by atoms with van der Waals surface area (Å²) in [5.74, 6) is 0.407. The third-order valence-electron chi connectivity index (χ3n) is 2.75. The van der Waals surface area contributed by atoms with Crippen molar-refractivity contribution in [2.75, 3.05) is 24.2 Å². The van der Waals surface area contributed by atoms with E-state index in [1.54, 1.807) is 12.1 Å².